The summed E-state index contributed by atoms with van der Waals surface area (Å²) >= 11 is 0. The van der Waals surface area contributed by atoms with E-state index >= 15 is 0 Å². The van der Waals surface area contributed by atoms with Gasteiger partial charge in [-0.2, -0.15) is 0 Å². The molecule has 1 unspecified atom stereocenters. The maximum absolute atomic E-state index is 11.9. The van der Waals surface area contributed by atoms with Crippen molar-refractivity contribution in [3.8, 4) is 0 Å². The van der Waals surface area contributed by atoms with E-state index in [0.29, 0.717) is 19.5 Å². The molecule has 1 rings (SSSR count). The standard InChI is InChI=1S/C11H23N3O2/c12-9-10(13-4-7-15)8-11(16)14-5-2-1-3-6-14/h10,13,15H,1-9,12H2. The quantitative estimate of drug-likeness (QED) is 0.563. The SMILES string of the molecule is NCC(CC(=O)N1CCCCC1)NCCO. The normalized spacial score (nSPS) is 18.5. The van der Waals surface area contributed by atoms with E-state index in [-0.39, 0.29) is 18.6 Å². The molecule has 1 amide bonds. The van der Waals surface area contributed by atoms with Crippen LogP contribution in [0.15, 0.2) is 0 Å². The number of hydrogen-bond acceptors (Lipinski definition) is 4. The van der Waals surface area contributed by atoms with Crippen molar-refractivity contribution in [1.82, 2.24) is 10.2 Å². The van der Waals surface area contributed by atoms with Crippen LogP contribution in [0.4, 0.5) is 0 Å². The third kappa shape index (κ3) is 4.47. The fourth-order valence-corrected chi connectivity index (χ4v) is 1.99. The summed E-state index contributed by atoms with van der Waals surface area (Å²) < 4.78 is 0. The number of aliphatic hydroxyl groups is 1. The van der Waals surface area contributed by atoms with Gasteiger partial charge in [-0.05, 0) is 19.3 Å². The Balaban J connectivity index is 2.29. The Morgan fingerprint density at radius 1 is 1.38 bits per heavy atom. The summed E-state index contributed by atoms with van der Waals surface area (Å²) in [5.74, 6) is 0.181. The van der Waals surface area contributed by atoms with Crippen LogP contribution in [0.2, 0.25) is 0 Å². The molecule has 1 heterocycles. The first-order valence-corrected chi connectivity index (χ1v) is 6.10. The molecule has 1 atom stereocenters. The number of carbonyl (C=O) groups is 1. The number of hydrogen-bond donors (Lipinski definition) is 3. The highest BCUT2D eigenvalue weighted by Gasteiger charge is 2.19. The van der Waals surface area contributed by atoms with Crippen LogP contribution in [-0.4, -0.2) is 54.7 Å². The topological polar surface area (TPSA) is 78.6 Å². The lowest BCUT2D eigenvalue weighted by Crippen LogP contribution is -2.44. The van der Waals surface area contributed by atoms with Crippen LogP contribution in [0.1, 0.15) is 25.7 Å². The molecule has 0 aliphatic carbocycles. The van der Waals surface area contributed by atoms with Gasteiger partial charge in [0.2, 0.25) is 5.91 Å². The number of aliphatic hydroxyl groups excluding tert-OH is 1. The molecule has 5 nitrogen and oxygen atoms in total. The molecule has 0 bridgehead atoms. The van der Waals surface area contributed by atoms with Gasteiger partial charge in [0.1, 0.15) is 0 Å². The van der Waals surface area contributed by atoms with Gasteiger partial charge in [0.25, 0.3) is 0 Å². The van der Waals surface area contributed by atoms with E-state index in [2.05, 4.69) is 5.32 Å². The van der Waals surface area contributed by atoms with Gasteiger partial charge in [-0.15, -0.1) is 0 Å². The van der Waals surface area contributed by atoms with Crippen molar-refractivity contribution in [2.45, 2.75) is 31.7 Å². The predicted octanol–water partition coefficient (Wildman–Crippen LogP) is -0.702. The fraction of sp³-hybridized carbons (Fsp3) is 0.909. The lowest BCUT2D eigenvalue weighted by atomic mass is 10.1. The maximum Gasteiger partial charge on any atom is 0.224 e. The molecule has 1 aliphatic heterocycles. The Bertz CT molecular complexity index is 205. The number of nitrogens with zero attached hydrogens (tertiary/aromatic N) is 1. The molecular weight excluding hydrogens is 206 g/mol. The van der Waals surface area contributed by atoms with Gasteiger partial charge in [-0.1, -0.05) is 0 Å². The number of carbonyl (C=O) groups excluding carboxylic acids is 1. The van der Waals surface area contributed by atoms with Gasteiger partial charge in [-0.3, -0.25) is 4.79 Å². The lowest BCUT2D eigenvalue weighted by Gasteiger charge is -2.28. The van der Waals surface area contributed by atoms with E-state index in [1.54, 1.807) is 0 Å². The number of rotatable bonds is 6. The molecule has 94 valence electrons. The molecule has 0 saturated carbocycles. The van der Waals surface area contributed by atoms with E-state index in [9.17, 15) is 4.79 Å². The van der Waals surface area contributed by atoms with E-state index in [4.69, 9.17) is 10.8 Å². The zero-order valence-electron chi connectivity index (χ0n) is 9.82. The highest BCUT2D eigenvalue weighted by atomic mass is 16.3. The minimum Gasteiger partial charge on any atom is -0.395 e. The molecule has 0 radical (unpaired) electrons. The van der Waals surface area contributed by atoms with Gasteiger partial charge >= 0.3 is 0 Å². The molecule has 0 aromatic carbocycles. The maximum atomic E-state index is 11.9. The molecule has 1 aliphatic rings. The van der Waals surface area contributed by atoms with Gasteiger partial charge in [0.15, 0.2) is 0 Å². The van der Waals surface area contributed by atoms with Crippen LogP contribution in [0.3, 0.4) is 0 Å². The van der Waals surface area contributed by atoms with Crippen LogP contribution in [0.25, 0.3) is 0 Å². The van der Waals surface area contributed by atoms with Crippen molar-refractivity contribution in [2.75, 3.05) is 32.8 Å². The minimum absolute atomic E-state index is 0.0124. The Kier molecular flexibility index (Phi) is 6.37. The molecule has 16 heavy (non-hydrogen) atoms. The van der Waals surface area contributed by atoms with Crippen molar-refractivity contribution in [2.24, 2.45) is 5.73 Å². The summed E-state index contributed by atoms with van der Waals surface area (Å²) in [4.78, 5) is 13.8. The molecule has 1 fully saturated rings. The van der Waals surface area contributed by atoms with E-state index < -0.39 is 0 Å². The third-order valence-electron chi connectivity index (χ3n) is 2.96. The predicted molar refractivity (Wildman–Crippen MR) is 63.0 cm³/mol. The van der Waals surface area contributed by atoms with Crippen molar-refractivity contribution < 1.29 is 9.90 Å². The van der Waals surface area contributed by atoms with Gasteiger partial charge in [0.05, 0.1) is 6.61 Å². The van der Waals surface area contributed by atoms with E-state index in [0.717, 1.165) is 25.9 Å². The second kappa shape index (κ2) is 7.60. The first-order valence-electron chi connectivity index (χ1n) is 6.10. The Morgan fingerprint density at radius 2 is 2.06 bits per heavy atom. The summed E-state index contributed by atoms with van der Waals surface area (Å²) in [6.07, 6.45) is 3.90. The zero-order chi connectivity index (χ0) is 11.8. The molecule has 4 N–H and O–H groups in total. The number of amides is 1. The van der Waals surface area contributed by atoms with Gasteiger partial charge < -0.3 is 21.1 Å². The monoisotopic (exact) mass is 229 g/mol. The van der Waals surface area contributed by atoms with Crippen LogP contribution in [0.5, 0.6) is 0 Å². The van der Waals surface area contributed by atoms with Crippen molar-refractivity contribution >= 4 is 5.91 Å². The largest absolute Gasteiger partial charge is 0.395 e. The summed E-state index contributed by atoms with van der Waals surface area (Å²) in [6.45, 7) is 2.77. The van der Waals surface area contributed by atoms with Crippen LogP contribution < -0.4 is 11.1 Å². The second-order valence-electron chi connectivity index (χ2n) is 4.26. The average molecular weight is 229 g/mol. The molecule has 5 heteroatoms. The second-order valence-corrected chi connectivity index (χ2v) is 4.26. The van der Waals surface area contributed by atoms with Gasteiger partial charge in [0, 0.05) is 38.6 Å². The number of likely N-dealkylation sites (tertiary alicyclic amines) is 1. The number of nitrogens with two attached hydrogens (primary N) is 1. The van der Waals surface area contributed by atoms with Crippen molar-refractivity contribution in [1.29, 1.82) is 0 Å². The van der Waals surface area contributed by atoms with Crippen molar-refractivity contribution in [3.05, 3.63) is 0 Å². The van der Waals surface area contributed by atoms with Crippen LogP contribution in [-0.2, 0) is 4.79 Å². The highest BCUT2D eigenvalue weighted by Crippen LogP contribution is 2.10. The first-order chi connectivity index (χ1) is 7.77. The molecule has 0 aromatic rings. The highest BCUT2D eigenvalue weighted by molar-refractivity contribution is 5.76. The summed E-state index contributed by atoms with van der Waals surface area (Å²) in [7, 11) is 0. The van der Waals surface area contributed by atoms with Crippen molar-refractivity contribution in [3.63, 3.8) is 0 Å². The molecule has 1 saturated heterocycles. The summed E-state index contributed by atoms with van der Waals surface area (Å²) in [6, 6.07) is -0.0124. The Hall–Kier alpha value is -0.650. The first kappa shape index (κ1) is 13.4. The van der Waals surface area contributed by atoms with E-state index in [1.807, 2.05) is 4.90 Å². The van der Waals surface area contributed by atoms with E-state index in [1.165, 1.54) is 6.42 Å². The molecular formula is C11H23N3O2. The molecule has 0 spiro atoms. The Labute approximate surface area is 97.0 Å². The zero-order valence-corrected chi connectivity index (χ0v) is 9.82. The number of nitrogens with one attached hydrogen (secondary N) is 1. The average Bonchev–Trinajstić information content (AvgIpc) is 2.35. The number of piperidine rings is 1. The summed E-state index contributed by atoms with van der Waals surface area (Å²) in [5, 5.41) is 11.8. The summed E-state index contributed by atoms with van der Waals surface area (Å²) in [5.41, 5.74) is 5.58. The minimum atomic E-state index is -0.0124. The Morgan fingerprint density at radius 3 is 2.62 bits per heavy atom. The van der Waals surface area contributed by atoms with Crippen LogP contribution >= 0.6 is 0 Å². The third-order valence-corrected chi connectivity index (χ3v) is 2.96. The smallest absolute Gasteiger partial charge is 0.224 e. The van der Waals surface area contributed by atoms with Gasteiger partial charge in [-0.25, -0.2) is 0 Å². The molecule has 0 aromatic heterocycles. The lowest BCUT2D eigenvalue weighted by molar-refractivity contribution is -0.132. The fourth-order valence-electron chi connectivity index (χ4n) is 1.99. The van der Waals surface area contributed by atoms with Crippen LogP contribution in [0, 0.1) is 0 Å².